The van der Waals surface area contributed by atoms with Gasteiger partial charge in [0.1, 0.15) is 0 Å². The highest BCUT2D eigenvalue weighted by Gasteiger charge is 2.34. The Morgan fingerprint density at radius 2 is 2.17 bits per heavy atom. The van der Waals surface area contributed by atoms with E-state index in [1.807, 2.05) is 25.1 Å². The predicted molar refractivity (Wildman–Crippen MR) is 87.4 cm³/mol. The van der Waals surface area contributed by atoms with Gasteiger partial charge in [-0.05, 0) is 31.2 Å². The number of aromatic nitrogens is 2. The van der Waals surface area contributed by atoms with Gasteiger partial charge in [-0.25, -0.2) is 0 Å². The van der Waals surface area contributed by atoms with E-state index in [4.69, 9.17) is 5.73 Å². The quantitative estimate of drug-likeness (QED) is 0.905. The van der Waals surface area contributed by atoms with Crippen LogP contribution in [0, 0.1) is 28.6 Å². The number of aromatic amines is 1. The number of hydrogen-bond donors (Lipinski definition) is 2. The van der Waals surface area contributed by atoms with Crippen LogP contribution in [0.1, 0.15) is 24.8 Å². The van der Waals surface area contributed by atoms with Crippen LogP contribution in [0.3, 0.4) is 0 Å². The van der Waals surface area contributed by atoms with E-state index in [0.717, 1.165) is 22.2 Å². The van der Waals surface area contributed by atoms with Crippen LogP contribution in [0.5, 0.6) is 0 Å². The highest BCUT2D eigenvalue weighted by molar-refractivity contribution is 5.91. The van der Waals surface area contributed by atoms with Crippen molar-refractivity contribution >= 4 is 16.6 Å². The van der Waals surface area contributed by atoms with Gasteiger partial charge in [-0.15, -0.1) is 0 Å². The minimum atomic E-state index is -0.449. The third kappa shape index (κ3) is 2.50. The molecule has 0 aliphatic carbocycles. The minimum Gasteiger partial charge on any atom is -0.330 e. The molecule has 1 aromatic carbocycles. The molecule has 1 aromatic heterocycles. The summed E-state index contributed by atoms with van der Waals surface area (Å²) in [5.41, 5.74) is 9.45. The van der Waals surface area contributed by atoms with Crippen molar-refractivity contribution in [1.29, 1.82) is 10.5 Å². The second kappa shape index (κ2) is 6.04. The maximum Gasteiger partial charge on any atom is 0.0973 e. The number of nitrogens with zero attached hydrogens (tertiary/aromatic N) is 4. The second-order valence-corrected chi connectivity index (χ2v) is 5.57. The lowest BCUT2D eigenvalue weighted by molar-refractivity contribution is 0.692. The van der Waals surface area contributed by atoms with E-state index in [0.29, 0.717) is 24.2 Å². The number of nitriles is 2. The zero-order chi connectivity index (χ0) is 16.4. The van der Waals surface area contributed by atoms with E-state index in [9.17, 15) is 10.5 Å². The van der Waals surface area contributed by atoms with Crippen molar-refractivity contribution in [3.8, 4) is 12.1 Å². The summed E-state index contributed by atoms with van der Waals surface area (Å²) in [5, 5.41) is 27.1. The number of allylic oxidation sites excluding steroid dienone is 1. The van der Waals surface area contributed by atoms with Gasteiger partial charge in [-0.1, -0.05) is 6.07 Å². The number of H-pyrrole nitrogens is 1. The summed E-state index contributed by atoms with van der Waals surface area (Å²) in [7, 11) is 0. The number of fused-ring (bicyclic) bond motifs is 1. The molecular weight excluding hydrogens is 288 g/mol. The van der Waals surface area contributed by atoms with Crippen LogP contribution in [0.4, 0.5) is 0 Å². The molecule has 0 radical (unpaired) electrons. The van der Waals surface area contributed by atoms with Gasteiger partial charge in [-0.2, -0.15) is 15.6 Å². The molecule has 1 aliphatic rings. The molecule has 114 valence electrons. The summed E-state index contributed by atoms with van der Waals surface area (Å²) in [6, 6.07) is 10.4. The van der Waals surface area contributed by atoms with E-state index < -0.39 is 5.92 Å². The van der Waals surface area contributed by atoms with Crippen LogP contribution in [0.15, 0.2) is 40.7 Å². The first-order valence-electron chi connectivity index (χ1n) is 7.40. The highest BCUT2D eigenvalue weighted by atomic mass is 15.1. The maximum absolute atomic E-state index is 9.65. The number of nitrogens with one attached hydrogen (secondary N) is 1. The standard InChI is InChI=1S/C17H16N6/c1-10-13(7-19)17(14(8-20)16(22-10)4-5-18)11-2-3-15-12(6-11)9-21-23-15/h2-3,6,9,13,17H,4-5,18H2,1H3,(H,21,23). The molecule has 6 heteroatoms. The number of benzene rings is 1. The van der Waals surface area contributed by atoms with E-state index in [2.05, 4.69) is 27.3 Å². The average molecular weight is 304 g/mol. The smallest absolute Gasteiger partial charge is 0.0973 e. The van der Waals surface area contributed by atoms with Crippen molar-refractivity contribution in [2.75, 3.05) is 6.54 Å². The first-order valence-corrected chi connectivity index (χ1v) is 7.40. The SMILES string of the molecule is CC1=NC(CCN)=C(C#N)C(c2ccc3[nH]ncc3c2)C1C#N. The Balaban J connectivity index is 2.18. The molecule has 23 heavy (non-hydrogen) atoms. The summed E-state index contributed by atoms with van der Waals surface area (Å²) in [5.74, 6) is -0.765. The second-order valence-electron chi connectivity index (χ2n) is 5.57. The van der Waals surface area contributed by atoms with Crippen molar-refractivity contribution in [2.24, 2.45) is 16.6 Å². The molecular formula is C17H16N6. The van der Waals surface area contributed by atoms with E-state index in [1.165, 1.54) is 0 Å². The Morgan fingerprint density at radius 3 is 2.87 bits per heavy atom. The van der Waals surface area contributed by atoms with Crippen molar-refractivity contribution in [2.45, 2.75) is 19.3 Å². The number of aliphatic imine (C=N–C) groups is 1. The number of nitrogens with two attached hydrogens (primary N) is 1. The molecule has 0 saturated heterocycles. The molecule has 6 nitrogen and oxygen atoms in total. The molecule has 3 N–H and O–H groups in total. The number of rotatable bonds is 3. The van der Waals surface area contributed by atoms with Gasteiger partial charge in [0.05, 0.1) is 41.0 Å². The van der Waals surface area contributed by atoms with Crippen LogP contribution in [0.2, 0.25) is 0 Å². The lowest BCUT2D eigenvalue weighted by Gasteiger charge is -2.27. The highest BCUT2D eigenvalue weighted by Crippen LogP contribution is 2.39. The Morgan fingerprint density at radius 1 is 1.35 bits per heavy atom. The van der Waals surface area contributed by atoms with E-state index >= 15 is 0 Å². The van der Waals surface area contributed by atoms with Crippen molar-refractivity contribution in [3.05, 3.63) is 41.2 Å². The fraction of sp³-hybridized carbons (Fsp3) is 0.294. The van der Waals surface area contributed by atoms with Crippen molar-refractivity contribution in [1.82, 2.24) is 10.2 Å². The molecule has 2 unspecified atom stereocenters. The van der Waals surface area contributed by atoms with Crippen molar-refractivity contribution < 1.29 is 0 Å². The normalized spacial score (nSPS) is 21.0. The molecule has 0 amide bonds. The molecule has 2 atom stereocenters. The van der Waals surface area contributed by atoms with Gasteiger partial charge in [0.2, 0.25) is 0 Å². The Hall–Kier alpha value is -2.96. The molecule has 2 heterocycles. The molecule has 1 aliphatic heterocycles. The predicted octanol–water partition coefficient (Wildman–Crippen LogP) is 2.39. The summed E-state index contributed by atoms with van der Waals surface area (Å²) in [6.45, 7) is 2.25. The third-order valence-electron chi connectivity index (χ3n) is 4.18. The summed E-state index contributed by atoms with van der Waals surface area (Å²) >= 11 is 0. The van der Waals surface area contributed by atoms with Gasteiger partial charge in [-0.3, -0.25) is 10.1 Å². The van der Waals surface area contributed by atoms with Gasteiger partial charge < -0.3 is 5.73 Å². The fourth-order valence-electron chi connectivity index (χ4n) is 3.07. The van der Waals surface area contributed by atoms with Crippen molar-refractivity contribution in [3.63, 3.8) is 0 Å². The molecule has 0 bridgehead atoms. The zero-order valence-corrected chi connectivity index (χ0v) is 12.7. The maximum atomic E-state index is 9.65. The lowest BCUT2D eigenvalue weighted by Crippen LogP contribution is -2.25. The topological polar surface area (TPSA) is 115 Å². The monoisotopic (exact) mass is 304 g/mol. The molecule has 0 fully saturated rings. The Labute approximate surface area is 133 Å². The summed E-state index contributed by atoms with van der Waals surface area (Å²) < 4.78 is 0. The summed E-state index contributed by atoms with van der Waals surface area (Å²) in [4.78, 5) is 4.46. The average Bonchev–Trinajstić information content (AvgIpc) is 3.02. The van der Waals surface area contributed by atoms with Gasteiger partial charge in [0, 0.05) is 23.4 Å². The Kier molecular flexibility index (Phi) is 3.92. The molecule has 3 rings (SSSR count). The van der Waals surface area contributed by atoms with Crippen LogP contribution < -0.4 is 5.73 Å². The van der Waals surface area contributed by atoms with Gasteiger partial charge >= 0.3 is 0 Å². The summed E-state index contributed by atoms with van der Waals surface area (Å²) in [6.07, 6.45) is 2.27. The molecule has 0 spiro atoms. The van der Waals surface area contributed by atoms with Crippen LogP contribution in [-0.2, 0) is 0 Å². The fourth-order valence-corrected chi connectivity index (χ4v) is 3.07. The number of hydrogen-bond acceptors (Lipinski definition) is 5. The van der Waals surface area contributed by atoms with Gasteiger partial charge in [0.25, 0.3) is 0 Å². The van der Waals surface area contributed by atoms with E-state index in [-0.39, 0.29) is 5.92 Å². The van der Waals surface area contributed by atoms with Gasteiger partial charge in [0.15, 0.2) is 0 Å². The Bertz CT molecular complexity index is 890. The lowest BCUT2D eigenvalue weighted by atomic mass is 9.76. The van der Waals surface area contributed by atoms with E-state index in [1.54, 1.807) is 6.20 Å². The van der Waals surface area contributed by atoms with Crippen LogP contribution in [-0.4, -0.2) is 22.5 Å². The van der Waals surface area contributed by atoms with Crippen LogP contribution in [0.25, 0.3) is 10.9 Å². The van der Waals surface area contributed by atoms with Crippen LogP contribution >= 0.6 is 0 Å². The molecule has 0 saturated carbocycles. The first-order chi connectivity index (χ1) is 11.2. The minimum absolute atomic E-state index is 0.316. The largest absolute Gasteiger partial charge is 0.330 e. The first kappa shape index (κ1) is 15.0. The zero-order valence-electron chi connectivity index (χ0n) is 12.7. The molecule has 2 aromatic rings. The third-order valence-corrected chi connectivity index (χ3v) is 4.18.